The van der Waals surface area contributed by atoms with Crippen LogP contribution in [0.2, 0.25) is 0 Å². The molecule has 1 aliphatic rings. The maximum atomic E-state index is 13.2. The largest absolute Gasteiger partial charge is 0.382 e. The summed E-state index contributed by atoms with van der Waals surface area (Å²) in [5, 5.41) is 2.97. The van der Waals surface area contributed by atoms with Crippen LogP contribution in [-0.4, -0.2) is 12.6 Å². The van der Waals surface area contributed by atoms with Crippen molar-refractivity contribution in [1.82, 2.24) is 0 Å². The molecule has 1 aromatic carbocycles. The number of rotatable bonds is 3. The molecule has 0 unspecified atom stereocenters. The van der Waals surface area contributed by atoms with E-state index in [1.165, 1.54) is 12.1 Å². The molecule has 2 rings (SSSR count). The van der Waals surface area contributed by atoms with Crippen LogP contribution < -0.4 is 11.1 Å². The van der Waals surface area contributed by atoms with Gasteiger partial charge in [0.05, 0.1) is 5.69 Å². The fourth-order valence-electron chi connectivity index (χ4n) is 1.84. The molecular weight excluding hydrogens is 198 g/mol. The second kappa shape index (κ2) is 4.14. The summed E-state index contributed by atoms with van der Waals surface area (Å²) in [6.07, 6.45) is 1.96. The Bertz CT molecular complexity index is 348. The van der Waals surface area contributed by atoms with Crippen molar-refractivity contribution < 1.29 is 8.78 Å². The van der Waals surface area contributed by atoms with Gasteiger partial charge in [0.1, 0.15) is 11.6 Å². The molecule has 4 heteroatoms. The first-order valence-electron chi connectivity index (χ1n) is 5.09. The molecule has 0 spiro atoms. The third kappa shape index (κ3) is 2.45. The van der Waals surface area contributed by atoms with Crippen LogP contribution in [0.15, 0.2) is 18.2 Å². The number of hydrogen-bond donors (Lipinski definition) is 2. The highest BCUT2D eigenvalue weighted by Gasteiger charge is 2.25. The van der Waals surface area contributed by atoms with Gasteiger partial charge in [-0.25, -0.2) is 8.78 Å². The van der Waals surface area contributed by atoms with Gasteiger partial charge in [0.15, 0.2) is 0 Å². The highest BCUT2D eigenvalue weighted by atomic mass is 19.1. The second-order valence-electron chi connectivity index (χ2n) is 4.10. The van der Waals surface area contributed by atoms with Gasteiger partial charge in [-0.1, -0.05) is 0 Å². The molecule has 0 heterocycles. The third-order valence-electron chi connectivity index (χ3n) is 2.78. The van der Waals surface area contributed by atoms with Crippen LogP contribution in [0, 0.1) is 17.6 Å². The fraction of sp³-hybridized carbons (Fsp3) is 0.455. The minimum absolute atomic E-state index is 0.301. The standard InChI is InChI=1S/C11H14F2N2/c12-8-1-2-11(10(13)5-8)15-6-7-3-9(14)4-7/h1-2,5,7,9,15H,3-4,6,14H2. The lowest BCUT2D eigenvalue weighted by molar-refractivity contribution is 0.280. The van der Waals surface area contributed by atoms with Gasteiger partial charge in [-0.2, -0.15) is 0 Å². The van der Waals surface area contributed by atoms with Crippen LogP contribution in [0.4, 0.5) is 14.5 Å². The maximum Gasteiger partial charge on any atom is 0.149 e. The van der Waals surface area contributed by atoms with E-state index in [0.717, 1.165) is 18.9 Å². The van der Waals surface area contributed by atoms with Crippen LogP contribution in [0.5, 0.6) is 0 Å². The van der Waals surface area contributed by atoms with Crippen LogP contribution >= 0.6 is 0 Å². The van der Waals surface area contributed by atoms with Crippen molar-refractivity contribution in [2.24, 2.45) is 11.7 Å². The number of nitrogens with one attached hydrogen (secondary N) is 1. The number of anilines is 1. The van der Waals surface area contributed by atoms with Crippen LogP contribution in [0.3, 0.4) is 0 Å². The lowest BCUT2D eigenvalue weighted by Gasteiger charge is -2.32. The van der Waals surface area contributed by atoms with E-state index < -0.39 is 11.6 Å². The minimum Gasteiger partial charge on any atom is -0.382 e. The highest BCUT2D eigenvalue weighted by molar-refractivity contribution is 5.44. The van der Waals surface area contributed by atoms with Crippen molar-refractivity contribution in [3.8, 4) is 0 Å². The van der Waals surface area contributed by atoms with E-state index in [9.17, 15) is 8.78 Å². The minimum atomic E-state index is -0.552. The molecule has 82 valence electrons. The van der Waals surface area contributed by atoms with Crippen molar-refractivity contribution in [2.45, 2.75) is 18.9 Å². The zero-order valence-corrected chi connectivity index (χ0v) is 8.34. The van der Waals surface area contributed by atoms with Gasteiger partial charge in [0.2, 0.25) is 0 Å². The lowest BCUT2D eigenvalue weighted by atomic mass is 9.81. The molecule has 0 aliphatic heterocycles. The van der Waals surface area contributed by atoms with E-state index in [1.54, 1.807) is 0 Å². The van der Waals surface area contributed by atoms with Crippen molar-refractivity contribution in [3.05, 3.63) is 29.8 Å². The van der Waals surface area contributed by atoms with Crippen molar-refractivity contribution in [3.63, 3.8) is 0 Å². The number of benzene rings is 1. The predicted molar refractivity (Wildman–Crippen MR) is 55.5 cm³/mol. The van der Waals surface area contributed by atoms with Crippen LogP contribution in [-0.2, 0) is 0 Å². The summed E-state index contributed by atoms with van der Waals surface area (Å²) >= 11 is 0. The van der Waals surface area contributed by atoms with E-state index in [4.69, 9.17) is 5.73 Å². The molecule has 1 aliphatic carbocycles. The summed E-state index contributed by atoms with van der Waals surface area (Å²) in [5.41, 5.74) is 5.99. The van der Waals surface area contributed by atoms with Gasteiger partial charge in [0.25, 0.3) is 0 Å². The molecule has 0 aromatic heterocycles. The average molecular weight is 212 g/mol. The number of hydrogen-bond acceptors (Lipinski definition) is 2. The molecule has 0 saturated heterocycles. The Hall–Kier alpha value is -1.16. The normalized spacial score (nSPS) is 24.7. The highest BCUT2D eigenvalue weighted by Crippen LogP contribution is 2.26. The molecule has 2 nitrogen and oxygen atoms in total. The lowest BCUT2D eigenvalue weighted by Crippen LogP contribution is -2.39. The Morgan fingerprint density at radius 3 is 2.67 bits per heavy atom. The third-order valence-corrected chi connectivity index (χ3v) is 2.78. The summed E-state index contributed by atoms with van der Waals surface area (Å²) in [7, 11) is 0. The molecule has 3 N–H and O–H groups in total. The van der Waals surface area contributed by atoms with Crippen molar-refractivity contribution in [1.29, 1.82) is 0 Å². The molecule has 0 amide bonds. The average Bonchev–Trinajstić information content (AvgIpc) is 2.13. The molecule has 15 heavy (non-hydrogen) atoms. The summed E-state index contributed by atoms with van der Waals surface area (Å²) in [4.78, 5) is 0. The zero-order chi connectivity index (χ0) is 10.8. The van der Waals surface area contributed by atoms with E-state index in [1.807, 2.05) is 0 Å². The molecule has 0 bridgehead atoms. The Morgan fingerprint density at radius 1 is 1.33 bits per heavy atom. The van der Waals surface area contributed by atoms with Crippen molar-refractivity contribution >= 4 is 5.69 Å². The molecule has 0 atom stereocenters. The van der Waals surface area contributed by atoms with Crippen LogP contribution in [0.25, 0.3) is 0 Å². The van der Waals surface area contributed by atoms with Gasteiger partial charge < -0.3 is 11.1 Å². The summed E-state index contributed by atoms with van der Waals surface area (Å²) in [5.74, 6) is -0.577. The SMILES string of the molecule is NC1CC(CNc2ccc(F)cc2F)C1. The van der Waals surface area contributed by atoms with Gasteiger partial charge in [0, 0.05) is 18.7 Å². The van der Waals surface area contributed by atoms with Gasteiger partial charge in [-0.3, -0.25) is 0 Å². The quantitative estimate of drug-likeness (QED) is 0.805. The Kier molecular flexibility index (Phi) is 2.86. The molecular formula is C11H14F2N2. The van der Waals surface area contributed by atoms with E-state index in [-0.39, 0.29) is 0 Å². The van der Waals surface area contributed by atoms with E-state index in [0.29, 0.717) is 24.2 Å². The number of halogens is 2. The topological polar surface area (TPSA) is 38.0 Å². The maximum absolute atomic E-state index is 13.2. The second-order valence-corrected chi connectivity index (χ2v) is 4.10. The van der Waals surface area contributed by atoms with E-state index >= 15 is 0 Å². The monoisotopic (exact) mass is 212 g/mol. The Balaban J connectivity index is 1.88. The Morgan fingerprint density at radius 2 is 2.07 bits per heavy atom. The first kappa shape index (κ1) is 10.4. The first-order chi connectivity index (χ1) is 7.15. The summed E-state index contributed by atoms with van der Waals surface area (Å²) in [6.45, 7) is 0.705. The zero-order valence-electron chi connectivity index (χ0n) is 8.34. The predicted octanol–water partition coefficient (Wildman–Crippen LogP) is 2.11. The summed E-state index contributed by atoms with van der Waals surface area (Å²) in [6, 6.07) is 3.85. The fourth-order valence-corrected chi connectivity index (χ4v) is 1.84. The van der Waals surface area contributed by atoms with Gasteiger partial charge in [-0.15, -0.1) is 0 Å². The number of nitrogens with two attached hydrogens (primary N) is 1. The molecule has 1 fully saturated rings. The van der Waals surface area contributed by atoms with Gasteiger partial charge >= 0.3 is 0 Å². The van der Waals surface area contributed by atoms with Crippen molar-refractivity contribution in [2.75, 3.05) is 11.9 Å². The Labute approximate surface area is 87.5 Å². The van der Waals surface area contributed by atoms with E-state index in [2.05, 4.69) is 5.32 Å². The van der Waals surface area contributed by atoms with Crippen LogP contribution in [0.1, 0.15) is 12.8 Å². The smallest absolute Gasteiger partial charge is 0.149 e. The molecule has 1 aromatic rings. The van der Waals surface area contributed by atoms with Gasteiger partial charge in [-0.05, 0) is 30.9 Å². The first-order valence-corrected chi connectivity index (χ1v) is 5.09. The summed E-state index contributed by atoms with van der Waals surface area (Å²) < 4.78 is 25.8. The molecule has 1 saturated carbocycles. The molecule has 0 radical (unpaired) electrons.